The number of anilines is 1. The van der Waals surface area contributed by atoms with Gasteiger partial charge in [0, 0.05) is 11.8 Å². The summed E-state index contributed by atoms with van der Waals surface area (Å²) in [7, 11) is 0. The average molecular weight is 500 g/mol. The Labute approximate surface area is 214 Å². The minimum Gasteiger partial charge on any atom is -0.274 e. The maximum Gasteiger partial charge on any atom is 0.238 e. The average Bonchev–Trinajstić information content (AvgIpc) is 3.48. The third-order valence-corrected chi connectivity index (χ3v) is 8.37. The van der Waals surface area contributed by atoms with Crippen LogP contribution in [0.3, 0.4) is 0 Å². The van der Waals surface area contributed by atoms with Crippen molar-refractivity contribution in [3.63, 3.8) is 0 Å². The zero-order chi connectivity index (χ0) is 24.4. The molecule has 0 radical (unpaired) electrons. The zero-order valence-corrected chi connectivity index (χ0v) is 20.8. The minimum absolute atomic E-state index is 0.137. The topological polar surface area (TPSA) is 37.4 Å². The van der Waals surface area contributed by atoms with Gasteiger partial charge in [-0.25, -0.2) is 4.90 Å². The molecule has 0 unspecified atom stereocenters. The van der Waals surface area contributed by atoms with Crippen molar-refractivity contribution in [3.8, 4) is 0 Å². The zero-order valence-electron chi connectivity index (χ0n) is 19.3. The molecule has 0 N–H and O–H groups in total. The van der Waals surface area contributed by atoms with Crippen LogP contribution in [0.25, 0.3) is 5.57 Å². The summed E-state index contributed by atoms with van der Waals surface area (Å²) < 4.78 is 0. The van der Waals surface area contributed by atoms with Crippen LogP contribution in [0.15, 0.2) is 84.5 Å². The molecule has 2 amide bonds. The number of nitrogens with zero attached hydrogens (tertiary/aromatic N) is 1. The summed E-state index contributed by atoms with van der Waals surface area (Å²) in [6, 6.07) is 22.0. The molecule has 1 saturated carbocycles. The SMILES string of the molecule is Cc1ccc(C(=C2[C@H]3C=C[C@H]2[C@@H]2C(=O)N(c4cccc(Cl)c4Cl)C(=O)[C@H]23)c2ccc(C)cc2)cc1. The summed E-state index contributed by atoms with van der Waals surface area (Å²) in [5.41, 5.74) is 7.21. The molecule has 2 aliphatic carbocycles. The molecule has 0 spiro atoms. The van der Waals surface area contributed by atoms with Crippen LogP contribution in [0, 0.1) is 37.5 Å². The summed E-state index contributed by atoms with van der Waals surface area (Å²) in [6.45, 7) is 4.14. The summed E-state index contributed by atoms with van der Waals surface area (Å²) in [6.07, 6.45) is 4.22. The van der Waals surface area contributed by atoms with E-state index >= 15 is 0 Å². The normalized spacial score (nSPS) is 24.5. The van der Waals surface area contributed by atoms with Gasteiger partial charge < -0.3 is 0 Å². The molecule has 4 atom stereocenters. The Balaban J connectivity index is 1.50. The molecule has 3 nitrogen and oxygen atoms in total. The number of halogens is 2. The number of carbonyl (C=O) groups excluding carboxylic acids is 2. The van der Waals surface area contributed by atoms with Gasteiger partial charge in [0.05, 0.1) is 27.6 Å². The fourth-order valence-electron chi connectivity index (χ4n) is 5.94. The molecule has 2 bridgehead atoms. The maximum atomic E-state index is 13.7. The quantitative estimate of drug-likeness (QED) is 0.286. The first-order valence-corrected chi connectivity index (χ1v) is 12.5. The highest BCUT2D eigenvalue weighted by atomic mass is 35.5. The number of hydrogen-bond donors (Lipinski definition) is 0. The second-order valence-corrected chi connectivity index (χ2v) is 10.4. The number of amides is 2. The molecule has 0 aromatic heterocycles. The van der Waals surface area contributed by atoms with Crippen LogP contribution < -0.4 is 4.90 Å². The van der Waals surface area contributed by atoms with Crippen LogP contribution in [0.5, 0.6) is 0 Å². The van der Waals surface area contributed by atoms with Gasteiger partial charge in [-0.1, -0.05) is 101 Å². The Hall–Kier alpha value is -3.14. The number of carbonyl (C=O) groups is 2. The second kappa shape index (κ2) is 8.22. The predicted molar refractivity (Wildman–Crippen MR) is 140 cm³/mol. The van der Waals surface area contributed by atoms with Crippen molar-refractivity contribution in [3.05, 3.63) is 117 Å². The number of hydrogen-bond acceptors (Lipinski definition) is 2. The highest BCUT2D eigenvalue weighted by Gasteiger charge is 2.62. The highest BCUT2D eigenvalue weighted by Crippen LogP contribution is 2.59. The summed E-state index contributed by atoms with van der Waals surface area (Å²) in [5.74, 6) is -1.55. The van der Waals surface area contributed by atoms with Crippen molar-refractivity contribution in [2.24, 2.45) is 23.7 Å². The van der Waals surface area contributed by atoms with Crippen molar-refractivity contribution >= 4 is 46.3 Å². The van der Waals surface area contributed by atoms with Crippen molar-refractivity contribution in [2.75, 3.05) is 4.90 Å². The van der Waals surface area contributed by atoms with E-state index in [1.54, 1.807) is 18.2 Å². The fourth-order valence-corrected chi connectivity index (χ4v) is 6.32. The lowest BCUT2D eigenvalue weighted by Crippen LogP contribution is -2.33. The van der Waals surface area contributed by atoms with Gasteiger partial charge in [-0.15, -0.1) is 0 Å². The molecular formula is C30H23Cl2NO2. The Morgan fingerprint density at radius 3 is 1.69 bits per heavy atom. The van der Waals surface area contributed by atoms with E-state index in [2.05, 4.69) is 74.5 Å². The maximum absolute atomic E-state index is 13.7. The molecular weight excluding hydrogens is 477 g/mol. The third kappa shape index (κ3) is 3.33. The third-order valence-electron chi connectivity index (χ3n) is 7.56. The van der Waals surface area contributed by atoms with Gasteiger partial charge in [0.15, 0.2) is 0 Å². The van der Waals surface area contributed by atoms with Gasteiger partial charge in [0.1, 0.15) is 0 Å². The number of benzene rings is 3. The van der Waals surface area contributed by atoms with Crippen molar-refractivity contribution < 1.29 is 9.59 Å². The molecule has 1 aliphatic heterocycles. The van der Waals surface area contributed by atoms with Gasteiger partial charge in [-0.3, -0.25) is 9.59 Å². The minimum atomic E-state index is -0.437. The van der Waals surface area contributed by atoms with Crippen molar-refractivity contribution in [1.29, 1.82) is 0 Å². The first kappa shape index (κ1) is 22.3. The van der Waals surface area contributed by atoms with E-state index in [1.165, 1.54) is 16.0 Å². The van der Waals surface area contributed by atoms with E-state index in [-0.39, 0.29) is 28.7 Å². The first-order valence-electron chi connectivity index (χ1n) is 11.7. The molecule has 6 rings (SSSR count). The predicted octanol–water partition coefficient (Wildman–Crippen LogP) is 7.03. The molecule has 3 aliphatic rings. The van der Waals surface area contributed by atoms with E-state index in [9.17, 15) is 9.59 Å². The Morgan fingerprint density at radius 1 is 0.714 bits per heavy atom. The van der Waals surface area contributed by atoms with Crippen molar-refractivity contribution in [2.45, 2.75) is 13.8 Å². The second-order valence-electron chi connectivity index (χ2n) is 9.64. The van der Waals surface area contributed by atoms with E-state index in [4.69, 9.17) is 23.2 Å². The van der Waals surface area contributed by atoms with Gasteiger partial charge >= 0.3 is 0 Å². The largest absolute Gasteiger partial charge is 0.274 e. The number of imide groups is 1. The molecule has 1 heterocycles. The van der Waals surface area contributed by atoms with Gasteiger partial charge in [-0.05, 0) is 48.3 Å². The number of allylic oxidation sites excluding steroid dienone is 3. The van der Waals surface area contributed by atoms with E-state index in [1.807, 2.05) is 0 Å². The smallest absolute Gasteiger partial charge is 0.238 e. The van der Waals surface area contributed by atoms with Crippen LogP contribution in [0.2, 0.25) is 10.0 Å². The van der Waals surface area contributed by atoms with Crippen LogP contribution in [-0.4, -0.2) is 11.8 Å². The van der Waals surface area contributed by atoms with Crippen LogP contribution in [0.1, 0.15) is 22.3 Å². The lowest BCUT2D eigenvalue weighted by molar-refractivity contribution is -0.122. The molecule has 2 fully saturated rings. The van der Waals surface area contributed by atoms with Gasteiger partial charge in [0.2, 0.25) is 11.8 Å². The molecule has 3 aromatic rings. The summed E-state index contributed by atoms with van der Waals surface area (Å²) in [5, 5.41) is 0.552. The van der Waals surface area contributed by atoms with E-state index in [0.29, 0.717) is 10.7 Å². The number of fused-ring (bicyclic) bond motifs is 5. The summed E-state index contributed by atoms with van der Waals surface area (Å²) in [4.78, 5) is 28.7. The standard InChI is InChI=1S/C30H23Cl2NO2/c1-16-6-10-18(11-7-16)24(19-12-8-17(2)9-13-19)25-20-14-15-21(25)27-26(20)29(34)33(30(27)35)23-5-3-4-22(31)28(23)32/h3-15,20-21,26-27H,1-2H3/t20-,21-,26+,27+/m1/s1. The molecule has 35 heavy (non-hydrogen) atoms. The monoisotopic (exact) mass is 499 g/mol. The van der Waals surface area contributed by atoms with Crippen LogP contribution in [0.4, 0.5) is 5.69 Å². The Kier molecular flexibility index (Phi) is 5.24. The lowest BCUT2D eigenvalue weighted by Gasteiger charge is -2.22. The molecule has 1 saturated heterocycles. The molecule has 174 valence electrons. The fraction of sp³-hybridized carbons (Fsp3) is 0.200. The van der Waals surface area contributed by atoms with Crippen LogP contribution >= 0.6 is 23.2 Å². The Morgan fingerprint density at radius 2 is 1.20 bits per heavy atom. The number of rotatable bonds is 3. The van der Waals surface area contributed by atoms with Gasteiger partial charge in [0.25, 0.3) is 0 Å². The first-order chi connectivity index (χ1) is 16.9. The molecule has 3 aromatic carbocycles. The van der Waals surface area contributed by atoms with E-state index < -0.39 is 11.8 Å². The lowest BCUT2D eigenvalue weighted by atomic mass is 9.85. The Bertz CT molecular complexity index is 1350. The summed E-state index contributed by atoms with van der Waals surface area (Å²) >= 11 is 12.6. The van der Waals surface area contributed by atoms with E-state index in [0.717, 1.165) is 22.3 Å². The van der Waals surface area contributed by atoms with Crippen molar-refractivity contribution in [1.82, 2.24) is 0 Å². The number of aryl methyl sites for hydroxylation is 2. The van der Waals surface area contributed by atoms with Crippen LogP contribution in [-0.2, 0) is 9.59 Å². The van der Waals surface area contributed by atoms with Gasteiger partial charge in [-0.2, -0.15) is 0 Å². The highest BCUT2D eigenvalue weighted by molar-refractivity contribution is 6.45. The molecule has 5 heteroatoms.